The van der Waals surface area contributed by atoms with Crippen LogP contribution in [0.3, 0.4) is 0 Å². The Balaban J connectivity index is 2.71. The van der Waals surface area contributed by atoms with E-state index in [2.05, 4.69) is 0 Å². The van der Waals surface area contributed by atoms with E-state index in [4.69, 9.17) is 5.73 Å². The Labute approximate surface area is 141 Å². The molecular weight excluding hydrogens is 370 g/mol. The summed E-state index contributed by atoms with van der Waals surface area (Å²) < 4.78 is 77.1. The van der Waals surface area contributed by atoms with E-state index in [1.165, 1.54) is 0 Å². The van der Waals surface area contributed by atoms with Crippen molar-refractivity contribution < 1.29 is 41.4 Å². The normalized spacial score (nSPS) is 12.1. The summed E-state index contributed by atoms with van der Waals surface area (Å²) in [6, 6.07) is 1.32. The summed E-state index contributed by atoms with van der Waals surface area (Å²) in [5, 5.41) is 19.6. The summed E-state index contributed by atoms with van der Waals surface area (Å²) in [7, 11) is 0. The SMILES string of the molecule is NC(=O)N(c1cc(C(F)(F)F)ccc1O)c1cc(C(F)(F)F)ccc1O. The van der Waals surface area contributed by atoms with Gasteiger partial charge in [-0.15, -0.1) is 0 Å². The molecule has 11 heteroatoms. The van der Waals surface area contributed by atoms with Gasteiger partial charge in [0.1, 0.15) is 11.5 Å². The lowest BCUT2D eigenvalue weighted by Gasteiger charge is -2.24. The van der Waals surface area contributed by atoms with Crippen molar-refractivity contribution in [2.45, 2.75) is 12.4 Å². The second kappa shape index (κ2) is 6.32. The third-order valence-electron chi connectivity index (χ3n) is 3.31. The molecule has 0 saturated heterocycles. The van der Waals surface area contributed by atoms with Crippen molar-refractivity contribution in [3.05, 3.63) is 47.5 Å². The van der Waals surface area contributed by atoms with Crippen molar-refractivity contribution in [3.63, 3.8) is 0 Å². The van der Waals surface area contributed by atoms with Gasteiger partial charge in [0.15, 0.2) is 0 Å². The van der Waals surface area contributed by atoms with Gasteiger partial charge in [0.25, 0.3) is 0 Å². The first kappa shape index (κ1) is 19.2. The Morgan fingerprint density at radius 2 is 1.15 bits per heavy atom. The molecule has 0 saturated carbocycles. The Hall–Kier alpha value is -3.11. The number of urea groups is 1. The molecule has 0 aliphatic heterocycles. The minimum atomic E-state index is -4.86. The molecule has 2 aromatic carbocycles. The number of rotatable bonds is 2. The van der Waals surface area contributed by atoms with E-state index in [0.717, 1.165) is 0 Å². The zero-order chi connectivity index (χ0) is 19.9. The molecule has 5 nitrogen and oxygen atoms in total. The number of phenolic OH excluding ortho intramolecular Hbond substituents is 2. The summed E-state index contributed by atoms with van der Waals surface area (Å²) in [4.78, 5) is 11.8. The van der Waals surface area contributed by atoms with E-state index in [9.17, 15) is 41.4 Å². The lowest BCUT2D eigenvalue weighted by molar-refractivity contribution is -0.138. The molecule has 0 aromatic heterocycles. The Kier molecular flexibility index (Phi) is 4.67. The molecule has 4 N–H and O–H groups in total. The van der Waals surface area contributed by atoms with Gasteiger partial charge in [0.2, 0.25) is 0 Å². The molecule has 2 aromatic rings. The standard InChI is InChI=1S/C15H10F6N2O3/c16-14(17,18)7-1-3-11(24)9(5-7)23(13(22)26)10-6-8(15(19,20)21)2-4-12(10)25/h1-6,24-25H,(H2,22,26). The van der Waals surface area contributed by atoms with Crippen molar-refractivity contribution in [1.82, 2.24) is 0 Å². The Bertz CT molecular complexity index is 785. The number of carbonyl (C=O) groups excluding carboxylic acids is 1. The van der Waals surface area contributed by atoms with Gasteiger partial charge in [-0.25, -0.2) is 4.79 Å². The zero-order valence-corrected chi connectivity index (χ0v) is 12.6. The minimum Gasteiger partial charge on any atom is -0.506 e. The molecule has 2 amide bonds. The number of aromatic hydroxyl groups is 2. The number of primary amides is 1. The molecule has 0 unspecified atom stereocenters. The second-order valence-electron chi connectivity index (χ2n) is 5.08. The number of hydrogen-bond donors (Lipinski definition) is 3. The number of anilines is 2. The first-order valence-corrected chi connectivity index (χ1v) is 6.72. The maximum Gasteiger partial charge on any atom is 0.416 e. The summed E-state index contributed by atoms with van der Waals surface area (Å²) in [6.07, 6.45) is -9.72. The minimum absolute atomic E-state index is 0.148. The highest BCUT2D eigenvalue weighted by Gasteiger charge is 2.35. The number of benzene rings is 2. The molecule has 0 radical (unpaired) electrons. The maximum atomic E-state index is 12.9. The van der Waals surface area contributed by atoms with Gasteiger partial charge in [-0.3, -0.25) is 4.90 Å². The molecule has 0 fully saturated rings. The van der Waals surface area contributed by atoms with E-state index in [1.54, 1.807) is 0 Å². The largest absolute Gasteiger partial charge is 0.506 e. The number of nitrogens with zero attached hydrogens (tertiary/aromatic N) is 1. The summed E-state index contributed by atoms with van der Waals surface area (Å²) in [5.74, 6) is -1.73. The molecule has 0 heterocycles. The number of amides is 2. The van der Waals surface area contributed by atoms with Crippen molar-refractivity contribution in [2.75, 3.05) is 4.90 Å². The highest BCUT2D eigenvalue weighted by molar-refractivity contribution is 6.01. The van der Waals surface area contributed by atoms with Gasteiger partial charge in [-0.2, -0.15) is 26.3 Å². The van der Waals surface area contributed by atoms with E-state index >= 15 is 0 Å². The van der Waals surface area contributed by atoms with Crippen LogP contribution < -0.4 is 10.6 Å². The van der Waals surface area contributed by atoms with E-state index in [-0.39, 0.29) is 4.90 Å². The first-order valence-electron chi connectivity index (χ1n) is 6.72. The maximum absolute atomic E-state index is 12.9. The molecule has 0 atom stereocenters. The third kappa shape index (κ3) is 3.76. The number of phenols is 2. The fourth-order valence-corrected chi connectivity index (χ4v) is 2.12. The smallest absolute Gasteiger partial charge is 0.416 e. The van der Waals surface area contributed by atoms with Gasteiger partial charge >= 0.3 is 18.4 Å². The fourth-order valence-electron chi connectivity index (χ4n) is 2.12. The number of nitrogens with two attached hydrogens (primary N) is 1. The highest BCUT2D eigenvalue weighted by atomic mass is 19.4. The van der Waals surface area contributed by atoms with Crippen LogP contribution >= 0.6 is 0 Å². The second-order valence-corrected chi connectivity index (χ2v) is 5.08. The predicted molar refractivity (Wildman–Crippen MR) is 77.9 cm³/mol. The third-order valence-corrected chi connectivity index (χ3v) is 3.31. The van der Waals surface area contributed by atoms with Crippen LogP contribution in [-0.2, 0) is 12.4 Å². The van der Waals surface area contributed by atoms with Gasteiger partial charge in [-0.05, 0) is 36.4 Å². The van der Waals surface area contributed by atoms with Crippen LogP contribution in [0.4, 0.5) is 42.5 Å². The van der Waals surface area contributed by atoms with Gasteiger partial charge in [-0.1, -0.05) is 0 Å². The van der Waals surface area contributed by atoms with Crippen molar-refractivity contribution in [1.29, 1.82) is 0 Å². The van der Waals surface area contributed by atoms with Gasteiger partial charge in [0.05, 0.1) is 22.5 Å². The molecule has 0 bridgehead atoms. The summed E-state index contributed by atoms with van der Waals surface area (Å²) in [6.45, 7) is 0. The summed E-state index contributed by atoms with van der Waals surface area (Å²) >= 11 is 0. The zero-order valence-electron chi connectivity index (χ0n) is 12.6. The van der Waals surface area contributed by atoms with Crippen LogP contribution in [0.25, 0.3) is 0 Å². The van der Waals surface area contributed by atoms with E-state index in [1.807, 2.05) is 0 Å². The van der Waals surface area contributed by atoms with Crippen LogP contribution in [0.5, 0.6) is 11.5 Å². The highest BCUT2D eigenvalue weighted by Crippen LogP contribution is 2.43. The predicted octanol–water partition coefficient (Wildman–Crippen LogP) is 4.35. The lowest BCUT2D eigenvalue weighted by atomic mass is 10.1. The van der Waals surface area contributed by atoms with E-state index < -0.39 is 52.4 Å². The molecule has 26 heavy (non-hydrogen) atoms. The van der Waals surface area contributed by atoms with Crippen molar-refractivity contribution in [3.8, 4) is 11.5 Å². The molecule has 0 aliphatic carbocycles. The Morgan fingerprint density at radius 3 is 1.42 bits per heavy atom. The van der Waals surface area contributed by atoms with E-state index in [0.29, 0.717) is 36.4 Å². The Morgan fingerprint density at radius 1 is 0.808 bits per heavy atom. The van der Waals surface area contributed by atoms with Crippen LogP contribution in [-0.4, -0.2) is 16.2 Å². The molecule has 2 rings (SSSR count). The van der Waals surface area contributed by atoms with Crippen molar-refractivity contribution in [2.24, 2.45) is 5.73 Å². The number of alkyl halides is 6. The van der Waals surface area contributed by atoms with Crippen molar-refractivity contribution >= 4 is 17.4 Å². The van der Waals surface area contributed by atoms with Gasteiger partial charge in [0, 0.05) is 0 Å². The monoisotopic (exact) mass is 380 g/mol. The molecule has 0 aliphatic rings. The number of halogens is 6. The molecule has 140 valence electrons. The topological polar surface area (TPSA) is 86.8 Å². The number of hydrogen-bond acceptors (Lipinski definition) is 3. The summed E-state index contributed by atoms with van der Waals surface area (Å²) in [5.41, 5.74) is 0.790. The molecular formula is C15H10F6N2O3. The van der Waals surface area contributed by atoms with Crippen LogP contribution in [0, 0.1) is 0 Å². The average Bonchev–Trinajstić information content (AvgIpc) is 2.48. The fraction of sp³-hybridized carbons (Fsp3) is 0.133. The first-order chi connectivity index (χ1) is 11.8. The van der Waals surface area contributed by atoms with Gasteiger partial charge < -0.3 is 15.9 Å². The molecule has 0 spiro atoms. The van der Waals surface area contributed by atoms with Crippen LogP contribution in [0.1, 0.15) is 11.1 Å². The number of carbonyl (C=O) groups is 1. The lowest BCUT2D eigenvalue weighted by Crippen LogP contribution is -2.32. The van der Waals surface area contributed by atoms with Crippen LogP contribution in [0.15, 0.2) is 36.4 Å². The quantitative estimate of drug-likeness (QED) is 0.677. The van der Waals surface area contributed by atoms with Crippen LogP contribution in [0.2, 0.25) is 0 Å². The average molecular weight is 380 g/mol.